The molecule has 0 amide bonds. The first-order valence-corrected chi connectivity index (χ1v) is 6.28. The van der Waals surface area contributed by atoms with Crippen LogP contribution in [-0.2, 0) is 13.6 Å². The second kappa shape index (κ2) is 4.53. The summed E-state index contributed by atoms with van der Waals surface area (Å²) in [4.78, 5) is 0. The molecule has 0 aliphatic carbocycles. The minimum atomic E-state index is 0.532. The zero-order chi connectivity index (χ0) is 12.6. The summed E-state index contributed by atoms with van der Waals surface area (Å²) < 4.78 is 2.27. The summed E-state index contributed by atoms with van der Waals surface area (Å²) in [5.74, 6) is 0. The van der Waals surface area contributed by atoms with E-state index in [1.807, 2.05) is 0 Å². The Kier molecular flexibility index (Phi) is 3.25. The second-order valence-corrected chi connectivity index (χ2v) is 5.16. The van der Waals surface area contributed by atoms with Crippen LogP contribution in [0, 0.1) is 13.8 Å². The Hall–Kier alpha value is -1.28. The minimum Gasteiger partial charge on any atom is -0.348 e. The van der Waals surface area contributed by atoms with Crippen molar-refractivity contribution in [2.75, 3.05) is 0 Å². The van der Waals surface area contributed by atoms with Gasteiger partial charge in [-0.1, -0.05) is 19.9 Å². The maximum Gasteiger partial charge on any atom is 0.0482 e. The number of aromatic nitrogens is 1. The first-order valence-electron chi connectivity index (χ1n) is 6.28. The van der Waals surface area contributed by atoms with Crippen LogP contribution >= 0.6 is 0 Å². The number of aryl methyl sites for hydroxylation is 2. The minimum absolute atomic E-state index is 0.532. The van der Waals surface area contributed by atoms with Crippen LogP contribution in [0.4, 0.5) is 0 Å². The van der Waals surface area contributed by atoms with Crippen molar-refractivity contribution in [1.82, 2.24) is 9.88 Å². The molecule has 0 radical (unpaired) electrons. The van der Waals surface area contributed by atoms with Gasteiger partial charge in [-0.2, -0.15) is 0 Å². The van der Waals surface area contributed by atoms with Gasteiger partial charge in [-0.3, -0.25) is 0 Å². The van der Waals surface area contributed by atoms with Gasteiger partial charge < -0.3 is 9.88 Å². The molecular weight excluding hydrogens is 208 g/mol. The lowest BCUT2D eigenvalue weighted by molar-refractivity contribution is 0.589. The van der Waals surface area contributed by atoms with Crippen LogP contribution in [0.25, 0.3) is 10.9 Å². The molecule has 0 aliphatic rings. The van der Waals surface area contributed by atoms with E-state index in [2.05, 4.69) is 62.8 Å². The monoisotopic (exact) mass is 230 g/mol. The van der Waals surface area contributed by atoms with Gasteiger partial charge in [-0.05, 0) is 37.1 Å². The summed E-state index contributed by atoms with van der Waals surface area (Å²) in [7, 11) is 2.14. The van der Waals surface area contributed by atoms with Crippen LogP contribution in [-0.4, -0.2) is 10.6 Å². The molecule has 0 unspecified atom stereocenters. The number of fused-ring (bicyclic) bond motifs is 1. The van der Waals surface area contributed by atoms with Crippen LogP contribution in [0.5, 0.6) is 0 Å². The van der Waals surface area contributed by atoms with Gasteiger partial charge in [0.1, 0.15) is 0 Å². The van der Waals surface area contributed by atoms with E-state index in [9.17, 15) is 0 Å². The molecule has 92 valence electrons. The fourth-order valence-electron chi connectivity index (χ4n) is 2.24. The average Bonchev–Trinajstić information content (AvgIpc) is 2.52. The molecule has 1 aromatic heterocycles. The number of hydrogen-bond donors (Lipinski definition) is 1. The van der Waals surface area contributed by atoms with Crippen LogP contribution in [0.3, 0.4) is 0 Å². The summed E-state index contributed by atoms with van der Waals surface area (Å²) in [6, 6.07) is 7.29. The molecule has 2 nitrogen and oxygen atoms in total. The van der Waals surface area contributed by atoms with E-state index in [0.717, 1.165) is 6.54 Å². The largest absolute Gasteiger partial charge is 0.348 e. The molecule has 2 aromatic rings. The van der Waals surface area contributed by atoms with E-state index in [0.29, 0.717) is 6.04 Å². The van der Waals surface area contributed by atoms with Gasteiger partial charge in [0.15, 0.2) is 0 Å². The SMILES string of the molecule is Cc1c(C)n(C)c2ccc(CNC(C)C)cc12. The van der Waals surface area contributed by atoms with Gasteiger partial charge in [0.05, 0.1) is 0 Å². The molecule has 0 aliphatic heterocycles. The fourth-order valence-corrected chi connectivity index (χ4v) is 2.24. The van der Waals surface area contributed by atoms with Gasteiger partial charge in [0, 0.05) is 36.2 Å². The third kappa shape index (κ3) is 2.22. The standard InChI is InChI=1S/C15H22N2/c1-10(2)16-9-13-6-7-15-14(8-13)11(3)12(4)17(15)5/h6-8,10,16H,9H2,1-5H3. The Morgan fingerprint density at radius 2 is 1.94 bits per heavy atom. The molecule has 0 saturated heterocycles. The summed E-state index contributed by atoms with van der Waals surface area (Å²) in [5.41, 5.74) is 5.44. The molecule has 0 spiro atoms. The first kappa shape index (κ1) is 12.2. The first-order chi connectivity index (χ1) is 8.00. The number of rotatable bonds is 3. The Labute approximate surface area is 104 Å². The van der Waals surface area contributed by atoms with Crippen LogP contribution in [0.15, 0.2) is 18.2 Å². The van der Waals surface area contributed by atoms with Crippen molar-refractivity contribution in [3.8, 4) is 0 Å². The van der Waals surface area contributed by atoms with Crippen molar-refractivity contribution in [3.05, 3.63) is 35.0 Å². The second-order valence-electron chi connectivity index (χ2n) is 5.16. The Bertz CT molecular complexity index is 535. The van der Waals surface area contributed by atoms with E-state index in [1.54, 1.807) is 0 Å². The van der Waals surface area contributed by atoms with Gasteiger partial charge in [0.2, 0.25) is 0 Å². The number of benzene rings is 1. The van der Waals surface area contributed by atoms with E-state index < -0.39 is 0 Å². The molecule has 0 saturated carbocycles. The van der Waals surface area contributed by atoms with Crippen molar-refractivity contribution in [3.63, 3.8) is 0 Å². The normalized spacial score (nSPS) is 11.6. The van der Waals surface area contributed by atoms with Crippen LogP contribution in [0.2, 0.25) is 0 Å². The van der Waals surface area contributed by atoms with E-state index >= 15 is 0 Å². The Morgan fingerprint density at radius 1 is 1.24 bits per heavy atom. The lowest BCUT2D eigenvalue weighted by Gasteiger charge is -2.08. The van der Waals surface area contributed by atoms with Gasteiger partial charge in [0.25, 0.3) is 0 Å². The third-order valence-electron chi connectivity index (χ3n) is 3.59. The number of hydrogen-bond acceptors (Lipinski definition) is 1. The molecule has 1 aromatic carbocycles. The molecule has 0 bridgehead atoms. The van der Waals surface area contributed by atoms with Gasteiger partial charge in [-0.25, -0.2) is 0 Å². The van der Waals surface area contributed by atoms with E-state index in [4.69, 9.17) is 0 Å². The number of nitrogens with zero attached hydrogens (tertiary/aromatic N) is 1. The lowest BCUT2D eigenvalue weighted by Crippen LogP contribution is -2.21. The summed E-state index contributed by atoms with van der Waals surface area (Å²) in [6.07, 6.45) is 0. The Balaban J connectivity index is 2.40. The van der Waals surface area contributed by atoms with Crippen molar-refractivity contribution in [2.45, 2.75) is 40.3 Å². The predicted molar refractivity (Wildman–Crippen MR) is 74.4 cm³/mol. The van der Waals surface area contributed by atoms with Gasteiger partial charge >= 0.3 is 0 Å². The molecule has 2 heteroatoms. The zero-order valence-electron chi connectivity index (χ0n) is 11.5. The maximum atomic E-state index is 3.46. The molecule has 0 fully saturated rings. The highest BCUT2D eigenvalue weighted by molar-refractivity contribution is 5.85. The van der Waals surface area contributed by atoms with Crippen molar-refractivity contribution < 1.29 is 0 Å². The lowest BCUT2D eigenvalue weighted by atomic mass is 10.1. The summed E-state index contributed by atoms with van der Waals surface area (Å²) in [6.45, 7) is 9.69. The average molecular weight is 230 g/mol. The van der Waals surface area contributed by atoms with E-state index in [1.165, 1.54) is 27.7 Å². The summed E-state index contributed by atoms with van der Waals surface area (Å²) in [5, 5.41) is 4.84. The van der Waals surface area contributed by atoms with Crippen molar-refractivity contribution in [1.29, 1.82) is 0 Å². The van der Waals surface area contributed by atoms with Crippen LogP contribution < -0.4 is 5.32 Å². The van der Waals surface area contributed by atoms with E-state index in [-0.39, 0.29) is 0 Å². The van der Waals surface area contributed by atoms with Crippen LogP contribution in [0.1, 0.15) is 30.7 Å². The highest BCUT2D eigenvalue weighted by Crippen LogP contribution is 2.25. The van der Waals surface area contributed by atoms with Crippen molar-refractivity contribution in [2.24, 2.45) is 7.05 Å². The Morgan fingerprint density at radius 3 is 2.59 bits per heavy atom. The highest BCUT2D eigenvalue weighted by Gasteiger charge is 2.08. The number of nitrogens with one attached hydrogen (secondary N) is 1. The molecule has 17 heavy (non-hydrogen) atoms. The topological polar surface area (TPSA) is 17.0 Å². The smallest absolute Gasteiger partial charge is 0.0482 e. The molecule has 0 atom stereocenters. The molecule has 2 rings (SSSR count). The maximum absolute atomic E-state index is 3.46. The fraction of sp³-hybridized carbons (Fsp3) is 0.467. The zero-order valence-corrected chi connectivity index (χ0v) is 11.5. The highest BCUT2D eigenvalue weighted by atomic mass is 14.9. The molecule has 1 N–H and O–H groups in total. The van der Waals surface area contributed by atoms with Crippen molar-refractivity contribution >= 4 is 10.9 Å². The quantitative estimate of drug-likeness (QED) is 0.856. The summed E-state index contributed by atoms with van der Waals surface area (Å²) >= 11 is 0. The predicted octanol–water partition coefficient (Wildman–Crippen LogP) is 3.29. The molecule has 1 heterocycles. The third-order valence-corrected chi connectivity index (χ3v) is 3.59. The molecular formula is C15H22N2. The van der Waals surface area contributed by atoms with Gasteiger partial charge in [-0.15, -0.1) is 0 Å².